The Balaban J connectivity index is 1.38. The normalized spacial score (nSPS) is 13.2. The number of nitrogens with zero attached hydrogens (tertiary/aromatic N) is 3. The number of ketones is 3. The van der Waals surface area contributed by atoms with Crippen molar-refractivity contribution in [2.45, 2.75) is 63.5 Å². The Morgan fingerprint density at radius 2 is 1.63 bits per heavy atom. The van der Waals surface area contributed by atoms with Crippen LogP contribution in [0.25, 0.3) is 11.2 Å². The smallest absolute Gasteiger partial charge is 0.280 e. The number of hydrogen-bond acceptors (Lipinski definition) is 12. The van der Waals surface area contributed by atoms with E-state index in [0.29, 0.717) is 24.1 Å². The van der Waals surface area contributed by atoms with Crippen LogP contribution in [0.15, 0.2) is 35.3 Å². The summed E-state index contributed by atoms with van der Waals surface area (Å²) >= 11 is 3.91. The first-order valence-electron chi connectivity index (χ1n) is 16.8. The maximum Gasteiger partial charge on any atom is 0.280 e. The molecule has 0 saturated carbocycles. The molecular weight excluding hydrogens is 713 g/mol. The van der Waals surface area contributed by atoms with Gasteiger partial charge >= 0.3 is 0 Å². The Bertz CT molecular complexity index is 1930. The number of carbonyl (C=O) groups is 6. The van der Waals surface area contributed by atoms with Crippen molar-refractivity contribution >= 4 is 64.8 Å². The predicted molar refractivity (Wildman–Crippen MR) is 201 cm³/mol. The lowest BCUT2D eigenvalue weighted by molar-refractivity contribution is -0.133. The number of carbonyl (C=O) groups excluding carboxylic acids is 6. The van der Waals surface area contributed by atoms with Crippen molar-refractivity contribution in [2.75, 3.05) is 11.5 Å². The molecule has 0 aliphatic heterocycles. The number of thiol groups is 1. The van der Waals surface area contributed by atoms with E-state index >= 15 is 0 Å². The summed E-state index contributed by atoms with van der Waals surface area (Å²) in [5, 5.41) is 7.00. The summed E-state index contributed by atoms with van der Waals surface area (Å²) in [7, 11) is 0. The van der Waals surface area contributed by atoms with Gasteiger partial charge in [0.15, 0.2) is 28.5 Å². The van der Waals surface area contributed by atoms with Crippen molar-refractivity contribution in [3.8, 4) is 12.3 Å². The lowest BCUT2D eigenvalue weighted by atomic mass is 9.94. The number of Topliss-reactive ketones (excluding diaryl/α,β-unsaturated/α-hetero) is 3. The SMILES string of the molecule is [CH][C@H](CC(=O)[C@H]([CH])NC(=O)[C@H](CC#C)CC(=O)[C@H]([CH])NC(=O)CC[CH]CC(=O)c1ccc(CCc2cnc3nc(N)[nH]c(=O)c3n2)cc1)C(=O)N[CH]CS. The maximum absolute atomic E-state index is 12.8. The number of H-pyrrole nitrogens is 1. The highest BCUT2D eigenvalue weighted by Gasteiger charge is 2.28. The first-order valence-corrected chi connectivity index (χ1v) is 17.4. The number of nitrogens with one attached hydrogen (secondary N) is 4. The van der Waals surface area contributed by atoms with Gasteiger partial charge < -0.3 is 21.7 Å². The van der Waals surface area contributed by atoms with E-state index in [1.807, 2.05) is 12.1 Å². The van der Waals surface area contributed by atoms with E-state index in [1.54, 1.807) is 18.6 Å². The number of nitrogens with two attached hydrogens (primary N) is 1. The van der Waals surface area contributed by atoms with Gasteiger partial charge in [0, 0.05) is 49.3 Å². The number of hydrogen-bond donors (Lipinski definition) is 6. The van der Waals surface area contributed by atoms with Crippen LogP contribution in [-0.2, 0) is 36.8 Å². The molecule has 3 aromatic rings. The van der Waals surface area contributed by atoms with Gasteiger partial charge in [-0.05, 0) is 52.0 Å². The summed E-state index contributed by atoms with van der Waals surface area (Å²) in [5.74, 6) is -3.39. The first kappa shape index (κ1) is 43.0. The monoisotopic (exact) mass is 752 g/mol. The molecular formula is C38H40N8O7S. The van der Waals surface area contributed by atoms with Gasteiger partial charge in [-0.2, -0.15) is 17.6 Å². The molecule has 3 rings (SSSR count). The van der Waals surface area contributed by atoms with Crippen LogP contribution in [0.4, 0.5) is 5.95 Å². The van der Waals surface area contributed by atoms with Crippen molar-refractivity contribution < 1.29 is 28.8 Å². The number of fused-ring (bicyclic) bond motifs is 1. The zero-order valence-corrected chi connectivity index (χ0v) is 30.1. The molecule has 0 aliphatic carbocycles. The van der Waals surface area contributed by atoms with Crippen LogP contribution in [0.5, 0.6) is 0 Å². The Morgan fingerprint density at radius 3 is 2.31 bits per heavy atom. The standard InChI is InChI=1S/C38H40N8O7S/c1-5-8-27(36(52)43-24(4)30(48)19-22(2)35(51)40-17-18-54)20-31(49)23(3)42-32(50)10-7-6-9-29(47)26-14-11-25(12-15-26)13-16-28-21-41-34-33(44-28)37(53)46-38(39)45-34/h1-4,6,11-12,14-15,17,21-24,27,54H,7-10,13,16,18-20H2,(H,40,51)(H,42,50)(H,43,52)(H3,39,41,45,46,53)/t22-,23+,24+,27-/m1/s1. The van der Waals surface area contributed by atoms with Crippen molar-refractivity contribution in [1.29, 1.82) is 0 Å². The zero-order chi connectivity index (χ0) is 39.8. The summed E-state index contributed by atoms with van der Waals surface area (Å²) in [5.41, 5.74) is 7.35. The van der Waals surface area contributed by atoms with Crippen LogP contribution >= 0.6 is 12.6 Å². The molecule has 15 nitrogen and oxygen atoms in total. The van der Waals surface area contributed by atoms with Gasteiger partial charge in [0.05, 0.1) is 36.4 Å². The van der Waals surface area contributed by atoms with E-state index in [2.05, 4.69) is 54.4 Å². The van der Waals surface area contributed by atoms with Gasteiger partial charge in [-0.15, -0.1) is 12.3 Å². The van der Waals surface area contributed by atoms with Crippen molar-refractivity contribution in [3.05, 3.63) is 91.4 Å². The average molecular weight is 753 g/mol. The van der Waals surface area contributed by atoms with Gasteiger partial charge in [0.2, 0.25) is 23.7 Å². The Labute approximate surface area is 319 Å². The number of nitrogen functional groups attached to an aromatic ring is 1. The van der Waals surface area contributed by atoms with E-state index in [-0.39, 0.29) is 54.3 Å². The van der Waals surface area contributed by atoms with Crippen LogP contribution in [0, 0.1) is 57.9 Å². The molecule has 0 unspecified atom stereocenters. The molecule has 16 heteroatoms. The summed E-state index contributed by atoms with van der Waals surface area (Å²) in [6.07, 6.45) is 8.75. The summed E-state index contributed by atoms with van der Waals surface area (Å²) < 4.78 is 0. The highest BCUT2D eigenvalue weighted by atomic mass is 32.1. The number of terminal acetylenes is 1. The molecule has 2 aromatic heterocycles. The molecule has 0 fully saturated rings. The number of unbranched alkanes of at least 4 members (excludes halogenated alkanes) is 1. The number of benzene rings is 1. The lowest BCUT2D eigenvalue weighted by Crippen LogP contribution is -2.45. The summed E-state index contributed by atoms with van der Waals surface area (Å²) in [6, 6.07) is 4.07. The third kappa shape index (κ3) is 13.5. The quantitative estimate of drug-likeness (QED) is 0.0368. The number of aromatic nitrogens is 4. The molecule has 0 spiro atoms. The fraction of sp³-hybridized carbons (Fsp3) is 0.342. The second-order valence-corrected chi connectivity index (χ2v) is 12.5. The number of rotatable bonds is 22. The minimum absolute atomic E-state index is 0.0398. The maximum atomic E-state index is 12.8. The van der Waals surface area contributed by atoms with Gasteiger partial charge in [-0.3, -0.25) is 38.5 Å². The van der Waals surface area contributed by atoms with E-state index in [9.17, 15) is 33.6 Å². The predicted octanol–water partition coefficient (Wildman–Crippen LogP) is 1.12. The molecule has 0 bridgehead atoms. The average Bonchev–Trinajstić information content (AvgIpc) is 3.14. The first-order chi connectivity index (χ1) is 25.7. The van der Waals surface area contributed by atoms with Crippen LogP contribution in [-0.4, -0.2) is 72.8 Å². The van der Waals surface area contributed by atoms with E-state index in [0.717, 1.165) is 5.56 Å². The van der Waals surface area contributed by atoms with E-state index in [1.165, 1.54) is 12.7 Å². The van der Waals surface area contributed by atoms with Crippen LogP contribution in [0.3, 0.4) is 0 Å². The summed E-state index contributed by atoms with van der Waals surface area (Å²) in [4.78, 5) is 102. The molecule has 6 N–H and O–H groups in total. The van der Waals surface area contributed by atoms with Gasteiger partial charge in [-0.1, -0.05) is 24.3 Å². The molecule has 0 saturated heterocycles. The molecule has 280 valence electrons. The number of aryl methyl sites for hydroxylation is 2. The zero-order valence-electron chi connectivity index (χ0n) is 29.2. The van der Waals surface area contributed by atoms with Crippen LogP contribution in [0.2, 0.25) is 0 Å². The van der Waals surface area contributed by atoms with Crippen LogP contribution in [0.1, 0.15) is 60.1 Å². The van der Waals surface area contributed by atoms with E-state index in [4.69, 9.17) is 32.9 Å². The molecule has 54 heavy (non-hydrogen) atoms. The Hall–Kier alpha value is -5.43. The third-order valence-corrected chi connectivity index (χ3v) is 8.10. The number of aromatic amines is 1. The number of anilines is 1. The Morgan fingerprint density at radius 1 is 0.944 bits per heavy atom. The fourth-order valence-corrected chi connectivity index (χ4v) is 5.03. The van der Waals surface area contributed by atoms with Crippen molar-refractivity contribution in [2.24, 2.45) is 11.8 Å². The second-order valence-electron chi connectivity index (χ2n) is 12.1. The molecule has 2 heterocycles. The van der Waals surface area contributed by atoms with Crippen molar-refractivity contribution in [3.63, 3.8) is 0 Å². The van der Waals surface area contributed by atoms with Crippen LogP contribution < -0.4 is 27.2 Å². The second kappa shape index (κ2) is 21.3. The highest BCUT2D eigenvalue weighted by Crippen LogP contribution is 2.15. The third-order valence-electron chi connectivity index (χ3n) is 7.92. The van der Waals surface area contributed by atoms with E-state index < -0.39 is 71.6 Å². The fourth-order valence-electron chi connectivity index (χ4n) is 4.94. The topological polar surface area (TPSA) is 236 Å². The van der Waals surface area contributed by atoms with Gasteiger partial charge in [0.25, 0.3) is 5.56 Å². The minimum Gasteiger partial charge on any atom is -0.369 e. The molecule has 4 atom stereocenters. The molecule has 0 aliphatic rings. The highest BCUT2D eigenvalue weighted by molar-refractivity contribution is 7.80. The molecule has 1 aromatic carbocycles. The van der Waals surface area contributed by atoms with Crippen molar-refractivity contribution in [1.82, 2.24) is 35.9 Å². The molecule has 8 radical (unpaired) electrons. The lowest BCUT2D eigenvalue weighted by Gasteiger charge is -2.20. The minimum atomic E-state index is -1.52. The molecule has 3 amide bonds. The summed E-state index contributed by atoms with van der Waals surface area (Å²) in [6.45, 7) is 18.7. The van der Waals surface area contributed by atoms with Gasteiger partial charge in [-0.25, -0.2) is 9.97 Å². The van der Waals surface area contributed by atoms with Gasteiger partial charge in [0.1, 0.15) is 0 Å². The largest absolute Gasteiger partial charge is 0.369 e. The number of amides is 3. The Kier molecular flexibility index (Phi) is 17.0.